The molecule has 0 aliphatic carbocycles. The van der Waals surface area contributed by atoms with Crippen LogP contribution in [-0.4, -0.2) is 0 Å². The van der Waals surface area contributed by atoms with Gasteiger partial charge in [-0.1, -0.05) is 115 Å². The third-order valence-corrected chi connectivity index (χ3v) is 8.02. The molecule has 0 unspecified atom stereocenters. The molecule has 0 fully saturated rings. The Kier molecular flexibility index (Phi) is 4.77. The van der Waals surface area contributed by atoms with Crippen molar-refractivity contribution in [1.29, 1.82) is 0 Å². The van der Waals surface area contributed by atoms with Crippen LogP contribution in [0.15, 0.2) is 150 Å². The predicted molar refractivity (Wildman–Crippen MR) is 158 cm³/mol. The SMILES string of the molecule is c1ccc(C2(c3ccccc3)c3ccccc3Oc3cc(-c4ccc5oc6ccccc6c5c4)ccc32)cc1. The zero-order valence-electron chi connectivity index (χ0n) is 21.2. The summed E-state index contributed by atoms with van der Waals surface area (Å²) in [7, 11) is 0. The van der Waals surface area contributed by atoms with Crippen molar-refractivity contribution in [1.82, 2.24) is 0 Å². The van der Waals surface area contributed by atoms with Gasteiger partial charge in [-0.3, -0.25) is 0 Å². The summed E-state index contributed by atoms with van der Waals surface area (Å²) in [5.74, 6) is 1.75. The Morgan fingerprint density at radius 3 is 1.79 bits per heavy atom. The highest BCUT2D eigenvalue weighted by atomic mass is 16.5. The molecule has 1 aromatic heterocycles. The van der Waals surface area contributed by atoms with Gasteiger partial charge in [-0.15, -0.1) is 0 Å². The highest BCUT2D eigenvalue weighted by Gasteiger charge is 2.45. The highest BCUT2D eigenvalue weighted by molar-refractivity contribution is 6.06. The van der Waals surface area contributed by atoms with Gasteiger partial charge in [0.1, 0.15) is 22.7 Å². The summed E-state index contributed by atoms with van der Waals surface area (Å²) in [6, 6.07) is 51.3. The molecule has 2 heterocycles. The Morgan fingerprint density at radius 2 is 1.00 bits per heavy atom. The van der Waals surface area contributed by atoms with Crippen LogP contribution in [0.25, 0.3) is 33.1 Å². The van der Waals surface area contributed by atoms with E-state index in [0.717, 1.165) is 55.7 Å². The Labute approximate surface area is 226 Å². The number of furan rings is 1. The lowest BCUT2D eigenvalue weighted by atomic mass is 9.63. The number of benzene rings is 6. The van der Waals surface area contributed by atoms with Crippen LogP contribution in [0, 0.1) is 0 Å². The average Bonchev–Trinajstić information content (AvgIpc) is 3.38. The second-order valence-electron chi connectivity index (χ2n) is 10.1. The molecule has 1 aliphatic rings. The van der Waals surface area contributed by atoms with Crippen molar-refractivity contribution in [3.63, 3.8) is 0 Å². The maximum atomic E-state index is 6.66. The number of fused-ring (bicyclic) bond motifs is 5. The van der Waals surface area contributed by atoms with Crippen molar-refractivity contribution in [2.75, 3.05) is 0 Å². The molecule has 2 heteroatoms. The zero-order valence-corrected chi connectivity index (χ0v) is 21.2. The van der Waals surface area contributed by atoms with E-state index in [1.807, 2.05) is 18.2 Å². The molecular weight excluding hydrogens is 476 g/mol. The summed E-state index contributed by atoms with van der Waals surface area (Å²) in [6.45, 7) is 0. The summed E-state index contributed by atoms with van der Waals surface area (Å²) in [5, 5.41) is 2.25. The minimum Gasteiger partial charge on any atom is -0.457 e. The van der Waals surface area contributed by atoms with Gasteiger partial charge < -0.3 is 9.15 Å². The van der Waals surface area contributed by atoms with E-state index in [-0.39, 0.29) is 0 Å². The third kappa shape index (κ3) is 3.22. The van der Waals surface area contributed by atoms with E-state index in [2.05, 4.69) is 127 Å². The van der Waals surface area contributed by atoms with Crippen LogP contribution in [0.4, 0.5) is 0 Å². The largest absolute Gasteiger partial charge is 0.457 e. The van der Waals surface area contributed by atoms with Gasteiger partial charge in [-0.05, 0) is 52.6 Å². The van der Waals surface area contributed by atoms with Crippen LogP contribution >= 0.6 is 0 Å². The van der Waals surface area contributed by atoms with Gasteiger partial charge in [-0.2, -0.15) is 0 Å². The Morgan fingerprint density at radius 1 is 0.410 bits per heavy atom. The van der Waals surface area contributed by atoms with Gasteiger partial charge >= 0.3 is 0 Å². The van der Waals surface area contributed by atoms with Crippen LogP contribution in [0.3, 0.4) is 0 Å². The molecule has 2 nitrogen and oxygen atoms in total. The first kappa shape index (κ1) is 22.0. The maximum absolute atomic E-state index is 6.66. The molecule has 0 N–H and O–H groups in total. The summed E-state index contributed by atoms with van der Waals surface area (Å²) < 4.78 is 12.7. The van der Waals surface area contributed by atoms with Gasteiger partial charge in [0.2, 0.25) is 0 Å². The zero-order chi connectivity index (χ0) is 25.8. The first-order valence-electron chi connectivity index (χ1n) is 13.3. The second-order valence-corrected chi connectivity index (χ2v) is 10.1. The molecule has 0 amide bonds. The Hall–Kier alpha value is -5.08. The monoisotopic (exact) mass is 500 g/mol. The molecule has 0 spiro atoms. The van der Waals surface area contributed by atoms with E-state index >= 15 is 0 Å². The topological polar surface area (TPSA) is 22.4 Å². The third-order valence-electron chi connectivity index (χ3n) is 8.02. The molecule has 184 valence electrons. The molecule has 6 aromatic carbocycles. The Bertz CT molecular complexity index is 1940. The fraction of sp³-hybridized carbons (Fsp3) is 0.0270. The van der Waals surface area contributed by atoms with Crippen LogP contribution < -0.4 is 4.74 Å². The number of rotatable bonds is 3. The first-order chi connectivity index (χ1) is 19.3. The molecule has 0 bridgehead atoms. The van der Waals surface area contributed by atoms with Crippen LogP contribution in [-0.2, 0) is 5.41 Å². The lowest BCUT2D eigenvalue weighted by molar-refractivity contribution is 0.435. The lowest BCUT2D eigenvalue weighted by Crippen LogP contribution is -2.34. The van der Waals surface area contributed by atoms with Crippen molar-refractivity contribution >= 4 is 21.9 Å². The van der Waals surface area contributed by atoms with E-state index in [9.17, 15) is 0 Å². The number of hydrogen-bond acceptors (Lipinski definition) is 2. The van der Waals surface area contributed by atoms with E-state index in [4.69, 9.17) is 9.15 Å². The number of para-hydroxylation sites is 2. The first-order valence-corrected chi connectivity index (χ1v) is 13.3. The van der Waals surface area contributed by atoms with E-state index in [0.29, 0.717) is 0 Å². The Balaban J connectivity index is 1.38. The van der Waals surface area contributed by atoms with Crippen molar-refractivity contribution in [3.05, 3.63) is 168 Å². The van der Waals surface area contributed by atoms with E-state index < -0.39 is 5.41 Å². The second kappa shape index (κ2) is 8.47. The van der Waals surface area contributed by atoms with Crippen LogP contribution in [0.2, 0.25) is 0 Å². The molecule has 1 aliphatic heterocycles. The number of ether oxygens (including phenoxy) is 1. The van der Waals surface area contributed by atoms with E-state index in [1.165, 1.54) is 11.1 Å². The molecule has 39 heavy (non-hydrogen) atoms. The fourth-order valence-corrected chi connectivity index (χ4v) is 6.30. The van der Waals surface area contributed by atoms with Crippen molar-refractivity contribution < 1.29 is 9.15 Å². The minimum absolute atomic E-state index is 0.504. The van der Waals surface area contributed by atoms with Crippen LogP contribution in [0.5, 0.6) is 11.5 Å². The van der Waals surface area contributed by atoms with Gasteiger partial charge in [0.15, 0.2) is 0 Å². The van der Waals surface area contributed by atoms with Crippen molar-refractivity contribution in [2.24, 2.45) is 0 Å². The standard InChI is InChI=1S/C37H24O2/c1-3-11-27(12-4-1)37(28-13-5-2-6-14-28)31-16-8-10-18-35(31)39-36-24-26(19-21-32(36)37)25-20-22-34-30(23-25)29-15-7-9-17-33(29)38-34/h1-24H. The van der Waals surface area contributed by atoms with Gasteiger partial charge in [-0.25, -0.2) is 0 Å². The minimum atomic E-state index is -0.504. The van der Waals surface area contributed by atoms with Gasteiger partial charge in [0, 0.05) is 21.9 Å². The molecule has 7 aromatic rings. The smallest absolute Gasteiger partial charge is 0.135 e. The van der Waals surface area contributed by atoms with Crippen molar-refractivity contribution in [2.45, 2.75) is 5.41 Å². The molecular formula is C37H24O2. The normalized spacial score (nSPS) is 13.5. The number of hydrogen-bond donors (Lipinski definition) is 0. The summed E-state index contributed by atoms with van der Waals surface area (Å²) in [5.41, 5.74) is 8.25. The van der Waals surface area contributed by atoms with Crippen molar-refractivity contribution in [3.8, 4) is 22.6 Å². The molecule has 0 atom stereocenters. The molecule has 0 saturated heterocycles. The highest BCUT2D eigenvalue weighted by Crippen LogP contribution is 2.55. The average molecular weight is 501 g/mol. The molecule has 0 radical (unpaired) electrons. The fourth-order valence-electron chi connectivity index (χ4n) is 6.30. The van der Waals surface area contributed by atoms with Gasteiger partial charge in [0.05, 0.1) is 5.41 Å². The van der Waals surface area contributed by atoms with Gasteiger partial charge in [0.25, 0.3) is 0 Å². The molecule has 0 saturated carbocycles. The summed E-state index contributed by atoms with van der Waals surface area (Å²) >= 11 is 0. The lowest BCUT2D eigenvalue weighted by Gasteiger charge is -2.41. The molecule has 8 rings (SSSR count). The summed E-state index contributed by atoms with van der Waals surface area (Å²) in [6.07, 6.45) is 0. The maximum Gasteiger partial charge on any atom is 0.135 e. The van der Waals surface area contributed by atoms with Crippen LogP contribution in [0.1, 0.15) is 22.3 Å². The predicted octanol–water partition coefficient (Wildman–Crippen LogP) is 9.74. The summed E-state index contributed by atoms with van der Waals surface area (Å²) in [4.78, 5) is 0. The van der Waals surface area contributed by atoms with E-state index in [1.54, 1.807) is 0 Å². The quantitative estimate of drug-likeness (QED) is 0.241.